The number of rotatable bonds is 4. The van der Waals surface area contributed by atoms with E-state index in [1.807, 2.05) is 17.4 Å². The summed E-state index contributed by atoms with van der Waals surface area (Å²) in [5, 5.41) is 9.83. The SMILES string of the molecule is c1ccc(-n2c3ccccc3c3cc(-c4cccc5c4c4ccccc4n5-c4cc(-c5ccc6oc7ccccc7c6c5)c5sc6ccccc6c5c4)ccc32)cc1. The molecule has 4 heterocycles. The Balaban J connectivity index is 1.07. The van der Waals surface area contributed by atoms with Crippen LogP contribution in [-0.2, 0) is 0 Å². The summed E-state index contributed by atoms with van der Waals surface area (Å²) in [5.41, 5.74) is 13.8. The summed E-state index contributed by atoms with van der Waals surface area (Å²) in [4.78, 5) is 0. The molecule has 0 saturated carbocycles. The van der Waals surface area contributed by atoms with E-state index in [4.69, 9.17) is 4.42 Å². The second-order valence-corrected chi connectivity index (χ2v) is 16.3. The molecule has 0 radical (unpaired) electrons. The number of aromatic nitrogens is 2. The van der Waals surface area contributed by atoms with Gasteiger partial charge in [0.25, 0.3) is 0 Å². The molecule has 270 valence electrons. The van der Waals surface area contributed by atoms with E-state index in [0.717, 1.165) is 27.6 Å². The summed E-state index contributed by atoms with van der Waals surface area (Å²) in [6.45, 7) is 0. The fourth-order valence-corrected chi connectivity index (χ4v) is 10.8. The summed E-state index contributed by atoms with van der Waals surface area (Å²) in [5.74, 6) is 0. The van der Waals surface area contributed by atoms with Crippen LogP contribution in [-0.4, -0.2) is 9.13 Å². The van der Waals surface area contributed by atoms with Crippen LogP contribution in [0.15, 0.2) is 199 Å². The minimum absolute atomic E-state index is 0.909. The van der Waals surface area contributed by atoms with Gasteiger partial charge in [-0.3, -0.25) is 0 Å². The molecule has 4 heteroatoms. The van der Waals surface area contributed by atoms with Crippen molar-refractivity contribution >= 4 is 97.1 Å². The van der Waals surface area contributed by atoms with Crippen LogP contribution >= 0.6 is 11.3 Å². The Kier molecular flexibility index (Phi) is 6.60. The molecule has 0 bridgehead atoms. The molecule has 0 aliphatic heterocycles. The lowest BCUT2D eigenvalue weighted by atomic mass is 9.98. The standard InChI is InChI=1S/C54H32N2OS/c1-2-13-35(14-3-1)55-46-20-8-4-15-38(46)43-29-33(25-27-48(43)55)37-19-12-22-49-53(37)41-18-5-9-21-47(41)56(49)36-31-42(54-45(32-36)40-17-7-11-24-52(40)58-54)34-26-28-51-44(30-34)39-16-6-10-23-50(39)57-51/h1-32H. The van der Waals surface area contributed by atoms with Crippen LogP contribution in [0.25, 0.3) is 119 Å². The Morgan fingerprint density at radius 2 is 0.966 bits per heavy atom. The maximum atomic E-state index is 6.27. The van der Waals surface area contributed by atoms with Gasteiger partial charge in [0, 0.05) is 69.4 Å². The fourth-order valence-electron chi connectivity index (χ4n) is 9.58. The van der Waals surface area contributed by atoms with E-state index >= 15 is 0 Å². The van der Waals surface area contributed by atoms with Gasteiger partial charge in [-0.15, -0.1) is 11.3 Å². The predicted molar refractivity (Wildman–Crippen MR) is 246 cm³/mol. The first kappa shape index (κ1) is 31.8. The highest BCUT2D eigenvalue weighted by Crippen LogP contribution is 2.46. The molecule has 0 unspecified atom stereocenters. The van der Waals surface area contributed by atoms with Crippen LogP contribution in [0.5, 0.6) is 0 Å². The molecule has 13 aromatic rings. The summed E-state index contributed by atoms with van der Waals surface area (Å²) in [6.07, 6.45) is 0. The van der Waals surface area contributed by atoms with E-state index in [1.54, 1.807) is 0 Å². The van der Waals surface area contributed by atoms with Gasteiger partial charge in [0.1, 0.15) is 11.2 Å². The van der Waals surface area contributed by atoms with E-state index in [1.165, 1.54) is 91.7 Å². The predicted octanol–water partition coefficient (Wildman–Crippen LogP) is 15.5. The first-order chi connectivity index (χ1) is 28.8. The molecule has 0 spiro atoms. The van der Waals surface area contributed by atoms with E-state index in [9.17, 15) is 0 Å². The van der Waals surface area contributed by atoms with Crippen molar-refractivity contribution in [1.82, 2.24) is 9.13 Å². The molecule has 4 aromatic heterocycles. The Bertz CT molecular complexity index is 3800. The number of nitrogens with zero attached hydrogens (tertiary/aromatic N) is 2. The van der Waals surface area contributed by atoms with Crippen molar-refractivity contribution in [3.63, 3.8) is 0 Å². The van der Waals surface area contributed by atoms with Gasteiger partial charge in [-0.25, -0.2) is 0 Å². The van der Waals surface area contributed by atoms with E-state index < -0.39 is 0 Å². The van der Waals surface area contributed by atoms with Gasteiger partial charge in [0.2, 0.25) is 0 Å². The van der Waals surface area contributed by atoms with Crippen molar-refractivity contribution in [2.45, 2.75) is 0 Å². The maximum absolute atomic E-state index is 6.27. The zero-order chi connectivity index (χ0) is 37.9. The van der Waals surface area contributed by atoms with Crippen molar-refractivity contribution in [2.75, 3.05) is 0 Å². The zero-order valence-corrected chi connectivity index (χ0v) is 32.0. The summed E-state index contributed by atoms with van der Waals surface area (Å²) >= 11 is 1.87. The normalized spacial score (nSPS) is 12.1. The molecular formula is C54H32N2OS. The lowest BCUT2D eigenvalue weighted by molar-refractivity contribution is 0.669. The lowest BCUT2D eigenvalue weighted by Crippen LogP contribution is -1.95. The number of hydrogen-bond acceptors (Lipinski definition) is 2. The van der Waals surface area contributed by atoms with Crippen LogP contribution in [0.3, 0.4) is 0 Å². The number of fused-ring (bicyclic) bond motifs is 12. The zero-order valence-electron chi connectivity index (χ0n) is 31.2. The van der Waals surface area contributed by atoms with Crippen molar-refractivity contribution in [3.05, 3.63) is 194 Å². The number of furan rings is 1. The maximum Gasteiger partial charge on any atom is 0.135 e. The smallest absolute Gasteiger partial charge is 0.135 e. The van der Waals surface area contributed by atoms with Gasteiger partial charge in [-0.1, -0.05) is 115 Å². The average molecular weight is 757 g/mol. The van der Waals surface area contributed by atoms with Gasteiger partial charge in [-0.2, -0.15) is 0 Å². The first-order valence-electron chi connectivity index (χ1n) is 19.8. The average Bonchev–Trinajstić information content (AvgIpc) is 4.03. The monoisotopic (exact) mass is 756 g/mol. The Labute approximate surface area is 336 Å². The van der Waals surface area contributed by atoms with Crippen molar-refractivity contribution in [1.29, 1.82) is 0 Å². The van der Waals surface area contributed by atoms with E-state index in [0.29, 0.717) is 0 Å². The summed E-state index contributed by atoms with van der Waals surface area (Å²) in [6, 6.07) is 70.8. The number of para-hydroxylation sites is 4. The molecule has 9 aromatic carbocycles. The highest BCUT2D eigenvalue weighted by molar-refractivity contribution is 7.26. The first-order valence-corrected chi connectivity index (χ1v) is 20.6. The summed E-state index contributed by atoms with van der Waals surface area (Å²) < 4.78 is 13.7. The minimum atomic E-state index is 0.909. The fraction of sp³-hybridized carbons (Fsp3) is 0. The lowest BCUT2D eigenvalue weighted by Gasteiger charge is -2.13. The van der Waals surface area contributed by atoms with Gasteiger partial charge < -0.3 is 13.6 Å². The molecule has 0 N–H and O–H groups in total. The highest BCUT2D eigenvalue weighted by Gasteiger charge is 2.21. The molecule has 0 atom stereocenters. The second-order valence-electron chi connectivity index (χ2n) is 15.2. The summed E-state index contributed by atoms with van der Waals surface area (Å²) in [7, 11) is 0. The third-order valence-corrected chi connectivity index (χ3v) is 13.3. The van der Waals surface area contributed by atoms with E-state index in [2.05, 4.69) is 197 Å². The second kappa shape index (κ2) is 12.1. The molecular weight excluding hydrogens is 725 g/mol. The van der Waals surface area contributed by atoms with Gasteiger partial charge in [0.05, 0.1) is 22.1 Å². The van der Waals surface area contributed by atoms with Gasteiger partial charge >= 0.3 is 0 Å². The van der Waals surface area contributed by atoms with Crippen molar-refractivity contribution in [2.24, 2.45) is 0 Å². The molecule has 0 aliphatic rings. The number of thiophene rings is 1. The highest BCUT2D eigenvalue weighted by atomic mass is 32.1. The van der Waals surface area contributed by atoms with Crippen LogP contribution in [0.2, 0.25) is 0 Å². The number of hydrogen-bond donors (Lipinski definition) is 0. The Hall–Kier alpha value is -7.40. The molecule has 3 nitrogen and oxygen atoms in total. The molecule has 0 saturated heterocycles. The van der Waals surface area contributed by atoms with Gasteiger partial charge in [0.15, 0.2) is 0 Å². The van der Waals surface area contributed by atoms with Crippen LogP contribution in [0, 0.1) is 0 Å². The van der Waals surface area contributed by atoms with Crippen molar-refractivity contribution in [3.8, 4) is 33.6 Å². The molecule has 0 fully saturated rings. The molecule has 0 aliphatic carbocycles. The van der Waals surface area contributed by atoms with Crippen LogP contribution < -0.4 is 0 Å². The number of benzene rings is 9. The van der Waals surface area contributed by atoms with Gasteiger partial charge in [-0.05, 0) is 95.6 Å². The minimum Gasteiger partial charge on any atom is -0.456 e. The van der Waals surface area contributed by atoms with E-state index in [-0.39, 0.29) is 0 Å². The third kappa shape index (κ3) is 4.49. The Morgan fingerprint density at radius 1 is 0.345 bits per heavy atom. The van der Waals surface area contributed by atoms with Crippen LogP contribution in [0.1, 0.15) is 0 Å². The van der Waals surface area contributed by atoms with Crippen molar-refractivity contribution < 1.29 is 4.42 Å². The molecule has 58 heavy (non-hydrogen) atoms. The quantitative estimate of drug-likeness (QED) is 0.175. The Morgan fingerprint density at radius 3 is 1.84 bits per heavy atom. The largest absolute Gasteiger partial charge is 0.456 e. The molecule has 13 rings (SSSR count). The molecule has 0 amide bonds. The topological polar surface area (TPSA) is 23.0 Å². The van der Waals surface area contributed by atoms with Crippen LogP contribution in [0.4, 0.5) is 0 Å². The third-order valence-electron chi connectivity index (χ3n) is 12.1.